The van der Waals surface area contributed by atoms with E-state index in [-0.39, 0.29) is 22.7 Å². The first-order chi connectivity index (χ1) is 14.9. The van der Waals surface area contributed by atoms with Crippen molar-refractivity contribution < 1.29 is 18.0 Å². The molecule has 32 heavy (non-hydrogen) atoms. The molecule has 11 heteroatoms. The highest BCUT2D eigenvalue weighted by atomic mass is 19.4. The van der Waals surface area contributed by atoms with Gasteiger partial charge in [-0.15, -0.1) is 0 Å². The number of carbonyl (C=O) groups is 1. The lowest BCUT2D eigenvalue weighted by molar-refractivity contribution is -0.137. The van der Waals surface area contributed by atoms with Crippen molar-refractivity contribution in [2.24, 2.45) is 7.05 Å². The van der Waals surface area contributed by atoms with E-state index in [4.69, 9.17) is 0 Å². The maximum Gasteiger partial charge on any atom is 0.416 e. The first-order valence-electron chi connectivity index (χ1n) is 9.76. The third-order valence-electron chi connectivity index (χ3n) is 5.90. The lowest BCUT2D eigenvalue weighted by Crippen LogP contribution is -2.42. The minimum atomic E-state index is -4.46. The molecular weight excluding hydrogens is 427 g/mol. The van der Waals surface area contributed by atoms with Gasteiger partial charge in [0.15, 0.2) is 16.9 Å². The average Bonchev–Trinajstić information content (AvgIpc) is 3.21. The van der Waals surface area contributed by atoms with Gasteiger partial charge in [0.1, 0.15) is 0 Å². The maximum absolute atomic E-state index is 13.3. The number of fused-ring (bicyclic) bond motifs is 3. The summed E-state index contributed by atoms with van der Waals surface area (Å²) >= 11 is 0. The number of benzene rings is 1. The number of Topliss-reactive ketones (excluding diaryl/α,β-unsaturated/α-hetero) is 1. The normalized spacial score (nSPS) is 13.2. The number of alkyl halides is 3. The van der Waals surface area contributed by atoms with Crippen LogP contribution in [0.3, 0.4) is 0 Å². The summed E-state index contributed by atoms with van der Waals surface area (Å²) in [5.74, 6) is -0.0744. The van der Waals surface area contributed by atoms with E-state index in [2.05, 4.69) is 4.98 Å². The van der Waals surface area contributed by atoms with Gasteiger partial charge in [0.2, 0.25) is 5.78 Å². The zero-order chi connectivity index (χ0) is 23.7. The van der Waals surface area contributed by atoms with Crippen LogP contribution in [0, 0.1) is 13.8 Å². The second-order valence-corrected chi connectivity index (χ2v) is 7.77. The van der Waals surface area contributed by atoms with Gasteiger partial charge >= 0.3 is 11.9 Å². The number of nitrogens with zero attached hydrogens (tertiary/aromatic N) is 5. The maximum atomic E-state index is 13.3. The van der Waals surface area contributed by atoms with E-state index in [1.54, 1.807) is 22.8 Å². The van der Waals surface area contributed by atoms with Crippen LogP contribution in [0.1, 0.15) is 36.8 Å². The molecule has 168 valence electrons. The lowest BCUT2D eigenvalue weighted by atomic mass is 10.2. The molecule has 3 aromatic heterocycles. The lowest BCUT2D eigenvalue weighted by Gasteiger charge is -2.12. The highest BCUT2D eigenvalue weighted by molar-refractivity contribution is 5.81. The molecule has 0 saturated heterocycles. The van der Waals surface area contributed by atoms with Crippen LogP contribution in [0.5, 0.6) is 0 Å². The van der Waals surface area contributed by atoms with Crippen molar-refractivity contribution in [3.63, 3.8) is 0 Å². The number of aryl methyl sites for hydroxylation is 2. The molecule has 0 saturated carbocycles. The Morgan fingerprint density at radius 3 is 2.19 bits per heavy atom. The molecule has 0 aliphatic rings. The molecule has 0 spiro atoms. The third kappa shape index (κ3) is 2.91. The first kappa shape index (κ1) is 21.6. The fourth-order valence-electron chi connectivity index (χ4n) is 3.85. The summed E-state index contributed by atoms with van der Waals surface area (Å²) in [5.41, 5.74) is -0.185. The number of halogens is 3. The molecule has 0 bridgehead atoms. The second kappa shape index (κ2) is 6.94. The van der Waals surface area contributed by atoms with Gasteiger partial charge < -0.3 is 0 Å². The molecule has 0 radical (unpaired) electrons. The Bertz CT molecular complexity index is 1520. The Morgan fingerprint density at radius 2 is 1.66 bits per heavy atom. The molecule has 0 amide bonds. The number of carbonyl (C=O) groups excluding carboxylic acids is 1. The minimum Gasteiger partial charge on any atom is -0.298 e. The highest BCUT2D eigenvalue weighted by Gasteiger charge is 2.30. The van der Waals surface area contributed by atoms with E-state index in [0.29, 0.717) is 17.1 Å². The van der Waals surface area contributed by atoms with Crippen molar-refractivity contribution in [1.82, 2.24) is 23.1 Å². The van der Waals surface area contributed by atoms with Gasteiger partial charge in [-0.05, 0) is 52.0 Å². The smallest absolute Gasteiger partial charge is 0.298 e. The Kier molecular flexibility index (Phi) is 4.68. The van der Waals surface area contributed by atoms with Crippen molar-refractivity contribution in [3.8, 4) is 5.69 Å². The van der Waals surface area contributed by atoms with Crippen LogP contribution in [-0.4, -0.2) is 28.9 Å². The molecule has 8 nitrogen and oxygen atoms in total. The molecule has 1 unspecified atom stereocenters. The molecule has 3 heterocycles. The van der Waals surface area contributed by atoms with E-state index in [1.165, 1.54) is 37.6 Å². The molecule has 4 aromatic rings. The van der Waals surface area contributed by atoms with Crippen molar-refractivity contribution in [2.75, 3.05) is 0 Å². The summed E-state index contributed by atoms with van der Waals surface area (Å²) in [6.45, 7) is 6.27. The van der Waals surface area contributed by atoms with Crippen LogP contribution < -0.4 is 11.2 Å². The Morgan fingerprint density at radius 1 is 1.06 bits per heavy atom. The largest absolute Gasteiger partial charge is 0.416 e. The zero-order valence-corrected chi connectivity index (χ0v) is 18.0. The summed E-state index contributed by atoms with van der Waals surface area (Å²) in [5, 5.41) is 0. The fraction of sp³-hybridized carbons (Fsp3) is 0.333. The number of aromatic nitrogens is 5. The van der Waals surface area contributed by atoms with Crippen LogP contribution in [0.4, 0.5) is 13.2 Å². The number of ketones is 1. The average molecular weight is 447 g/mol. The van der Waals surface area contributed by atoms with Crippen LogP contribution in [0.15, 0.2) is 33.9 Å². The van der Waals surface area contributed by atoms with Crippen LogP contribution in [-0.2, 0) is 18.0 Å². The van der Waals surface area contributed by atoms with Crippen molar-refractivity contribution in [2.45, 2.75) is 39.9 Å². The van der Waals surface area contributed by atoms with E-state index < -0.39 is 29.0 Å². The number of imidazole rings is 2. The summed E-state index contributed by atoms with van der Waals surface area (Å²) in [4.78, 5) is 42.5. The molecule has 1 atom stereocenters. The van der Waals surface area contributed by atoms with Gasteiger partial charge in [-0.2, -0.15) is 18.2 Å². The summed E-state index contributed by atoms with van der Waals surface area (Å²) < 4.78 is 44.2. The topological polar surface area (TPSA) is 83.3 Å². The molecule has 0 fully saturated rings. The van der Waals surface area contributed by atoms with Crippen molar-refractivity contribution in [3.05, 3.63) is 62.1 Å². The van der Waals surface area contributed by atoms with Gasteiger partial charge in [0, 0.05) is 24.1 Å². The molecule has 0 aliphatic carbocycles. The molecule has 0 N–H and O–H groups in total. The van der Waals surface area contributed by atoms with Crippen molar-refractivity contribution in [1.29, 1.82) is 0 Å². The fourth-order valence-corrected chi connectivity index (χ4v) is 3.85. The van der Waals surface area contributed by atoms with E-state index in [0.717, 1.165) is 16.7 Å². The monoisotopic (exact) mass is 447 g/mol. The minimum absolute atomic E-state index is 0.112. The van der Waals surface area contributed by atoms with Crippen LogP contribution in [0.25, 0.3) is 22.6 Å². The first-order valence-corrected chi connectivity index (χ1v) is 9.76. The zero-order valence-electron chi connectivity index (χ0n) is 18.0. The molecule has 1 aromatic carbocycles. The van der Waals surface area contributed by atoms with Crippen LogP contribution >= 0.6 is 0 Å². The van der Waals surface area contributed by atoms with Crippen molar-refractivity contribution >= 4 is 22.7 Å². The predicted molar refractivity (Wildman–Crippen MR) is 111 cm³/mol. The van der Waals surface area contributed by atoms with Gasteiger partial charge in [0.05, 0.1) is 11.6 Å². The van der Waals surface area contributed by atoms with Crippen LogP contribution in [0.2, 0.25) is 0 Å². The standard InChI is InChI=1S/C21H20F3N5O3/c1-10-11(2)28-16-17(26(5)20(32)29(18(16)31)12(3)13(4)30)25-19(28)27(10)15-8-6-14(7-9-15)21(22,23)24/h6-9,12H,1-5H3. The van der Waals surface area contributed by atoms with Gasteiger partial charge in [-0.1, -0.05) is 0 Å². The number of rotatable bonds is 3. The molecule has 0 aliphatic heterocycles. The quantitative estimate of drug-likeness (QED) is 0.484. The predicted octanol–water partition coefficient (Wildman–Crippen LogP) is 2.92. The van der Waals surface area contributed by atoms with E-state index in [9.17, 15) is 27.6 Å². The third-order valence-corrected chi connectivity index (χ3v) is 5.90. The summed E-state index contributed by atoms with van der Waals surface area (Å²) in [6.07, 6.45) is -4.46. The van der Waals surface area contributed by atoms with Gasteiger partial charge in [-0.3, -0.25) is 23.1 Å². The summed E-state index contributed by atoms with van der Waals surface area (Å²) in [7, 11) is 1.45. The Labute approximate surface area is 179 Å². The summed E-state index contributed by atoms with van der Waals surface area (Å²) in [6, 6.07) is 3.63. The number of hydrogen-bond donors (Lipinski definition) is 0. The van der Waals surface area contributed by atoms with Gasteiger partial charge in [0.25, 0.3) is 5.56 Å². The highest BCUT2D eigenvalue weighted by Crippen LogP contribution is 2.31. The van der Waals surface area contributed by atoms with Gasteiger partial charge in [-0.25, -0.2) is 9.36 Å². The molecular formula is C21H20F3N5O3. The van der Waals surface area contributed by atoms with E-state index >= 15 is 0 Å². The Hall–Kier alpha value is -3.63. The second-order valence-electron chi connectivity index (χ2n) is 7.77. The number of hydrogen-bond acceptors (Lipinski definition) is 4. The molecule has 4 rings (SSSR count). The SMILES string of the molecule is CC(=O)C(C)n1c(=O)c2c(nc3n(-c4ccc(C(F)(F)F)cc4)c(C)c(C)n23)n(C)c1=O. The van der Waals surface area contributed by atoms with E-state index in [1.807, 2.05) is 0 Å². The Balaban J connectivity index is 2.09.